The Morgan fingerprint density at radius 2 is 1.69 bits per heavy atom. The van der Waals surface area contributed by atoms with Gasteiger partial charge in [0.25, 0.3) is 0 Å². The lowest BCUT2D eigenvalue weighted by Crippen LogP contribution is -2.15. The van der Waals surface area contributed by atoms with Gasteiger partial charge >= 0.3 is 5.97 Å². The maximum absolute atomic E-state index is 12.4. The Bertz CT molecular complexity index is 184. The molecule has 0 radical (unpaired) electrons. The summed E-state index contributed by atoms with van der Waals surface area (Å²) >= 11 is 0. The maximum atomic E-state index is 12.4. The fourth-order valence-corrected chi connectivity index (χ4v) is 1.73. The molecular weight excluding hydrogens is 214 g/mol. The van der Waals surface area contributed by atoms with Crippen molar-refractivity contribution in [3.05, 3.63) is 0 Å². The lowest BCUT2D eigenvalue weighted by Gasteiger charge is -2.13. The van der Waals surface area contributed by atoms with Crippen LogP contribution in [0.4, 0.5) is 8.78 Å². The van der Waals surface area contributed by atoms with Crippen LogP contribution in [0.1, 0.15) is 58.3 Å². The zero-order valence-corrected chi connectivity index (χ0v) is 9.92. The van der Waals surface area contributed by atoms with E-state index in [-0.39, 0.29) is 0 Å². The minimum Gasteiger partial charge on any atom is -0.481 e. The van der Waals surface area contributed by atoms with Crippen LogP contribution in [0.5, 0.6) is 0 Å². The normalized spacial score (nSPS) is 13.0. The van der Waals surface area contributed by atoms with Gasteiger partial charge in [-0.1, -0.05) is 45.4 Å². The third-order valence-corrected chi connectivity index (χ3v) is 2.72. The van der Waals surface area contributed by atoms with Crippen LogP contribution in [0, 0.1) is 5.92 Å². The maximum Gasteiger partial charge on any atom is 0.303 e. The average Bonchev–Trinajstić information content (AvgIpc) is 2.20. The summed E-state index contributed by atoms with van der Waals surface area (Å²) in [6, 6.07) is 0. The van der Waals surface area contributed by atoms with Gasteiger partial charge in [-0.2, -0.15) is 0 Å². The fourth-order valence-electron chi connectivity index (χ4n) is 1.73. The SMILES string of the molecule is CCCCCCCC[C@H](CC(=O)O)C(F)F. The Morgan fingerprint density at radius 1 is 1.12 bits per heavy atom. The molecule has 0 unspecified atom stereocenters. The first-order valence-corrected chi connectivity index (χ1v) is 6.07. The summed E-state index contributed by atoms with van der Waals surface area (Å²) in [5.41, 5.74) is 0. The van der Waals surface area contributed by atoms with Crippen LogP contribution in [0.2, 0.25) is 0 Å². The molecular formula is C12H22F2O2. The summed E-state index contributed by atoms with van der Waals surface area (Å²) in [5, 5.41) is 8.47. The average molecular weight is 236 g/mol. The summed E-state index contributed by atoms with van der Waals surface area (Å²) < 4.78 is 24.9. The predicted octanol–water partition coefficient (Wildman–Crippen LogP) is 4.09. The molecule has 0 amide bonds. The second-order valence-corrected chi connectivity index (χ2v) is 4.25. The number of unbranched alkanes of at least 4 members (excludes halogenated alkanes) is 5. The summed E-state index contributed by atoms with van der Waals surface area (Å²) in [7, 11) is 0. The molecule has 16 heavy (non-hydrogen) atoms. The molecule has 0 rings (SSSR count). The highest BCUT2D eigenvalue weighted by Gasteiger charge is 2.22. The molecule has 0 aliphatic rings. The molecule has 0 spiro atoms. The zero-order chi connectivity index (χ0) is 12.4. The lowest BCUT2D eigenvalue weighted by molar-refractivity contribution is -0.139. The van der Waals surface area contributed by atoms with Crippen LogP contribution in [0.3, 0.4) is 0 Å². The van der Waals surface area contributed by atoms with Gasteiger partial charge in [-0.3, -0.25) is 4.79 Å². The van der Waals surface area contributed by atoms with Crippen LogP contribution in [0.15, 0.2) is 0 Å². The molecule has 0 heterocycles. The standard InChI is InChI=1S/C12H22F2O2/c1-2-3-4-5-6-7-8-10(12(13)14)9-11(15)16/h10,12H,2-9H2,1H3,(H,15,16)/t10-/m1/s1. The van der Waals surface area contributed by atoms with E-state index >= 15 is 0 Å². The topological polar surface area (TPSA) is 37.3 Å². The number of carboxylic acids is 1. The van der Waals surface area contributed by atoms with Crippen molar-refractivity contribution in [2.24, 2.45) is 5.92 Å². The first kappa shape index (κ1) is 15.3. The number of carbonyl (C=O) groups is 1. The molecule has 0 bridgehead atoms. The Kier molecular flexibility index (Phi) is 9.15. The van der Waals surface area contributed by atoms with Crippen molar-refractivity contribution in [1.29, 1.82) is 0 Å². The van der Waals surface area contributed by atoms with Crippen molar-refractivity contribution in [3.8, 4) is 0 Å². The predicted molar refractivity (Wildman–Crippen MR) is 59.7 cm³/mol. The van der Waals surface area contributed by atoms with E-state index in [0.717, 1.165) is 19.3 Å². The van der Waals surface area contributed by atoms with Gasteiger partial charge in [-0.25, -0.2) is 8.78 Å². The van der Waals surface area contributed by atoms with Crippen LogP contribution >= 0.6 is 0 Å². The van der Waals surface area contributed by atoms with E-state index in [9.17, 15) is 13.6 Å². The van der Waals surface area contributed by atoms with Crippen molar-refractivity contribution in [2.75, 3.05) is 0 Å². The van der Waals surface area contributed by atoms with Gasteiger partial charge in [0, 0.05) is 5.92 Å². The van der Waals surface area contributed by atoms with Crippen LogP contribution in [0.25, 0.3) is 0 Å². The number of alkyl halides is 2. The molecule has 0 aromatic carbocycles. The van der Waals surface area contributed by atoms with Gasteiger partial charge < -0.3 is 5.11 Å². The Labute approximate surface area is 96.0 Å². The van der Waals surface area contributed by atoms with Crippen LogP contribution in [-0.4, -0.2) is 17.5 Å². The number of hydrogen-bond donors (Lipinski definition) is 1. The van der Waals surface area contributed by atoms with E-state index in [4.69, 9.17) is 5.11 Å². The van der Waals surface area contributed by atoms with E-state index in [2.05, 4.69) is 6.92 Å². The van der Waals surface area contributed by atoms with Crippen molar-refractivity contribution in [2.45, 2.75) is 64.7 Å². The van der Waals surface area contributed by atoms with Crippen LogP contribution < -0.4 is 0 Å². The minimum atomic E-state index is -2.51. The van der Waals surface area contributed by atoms with E-state index in [0.29, 0.717) is 12.8 Å². The van der Waals surface area contributed by atoms with E-state index in [1.54, 1.807) is 0 Å². The van der Waals surface area contributed by atoms with E-state index in [1.807, 2.05) is 0 Å². The van der Waals surface area contributed by atoms with Gasteiger partial charge in [0.15, 0.2) is 0 Å². The Balaban J connectivity index is 3.56. The molecule has 1 N–H and O–H groups in total. The molecule has 0 saturated heterocycles. The zero-order valence-electron chi connectivity index (χ0n) is 9.92. The fraction of sp³-hybridized carbons (Fsp3) is 0.917. The highest BCUT2D eigenvalue weighted by molar-refractivity contribution is 5.67. The van der Waals surface area contributed by atoms with Crippen molar-refractivity contribution >= 4 is 5.97 Å². The third-order valence-electron chi connectivity index (χ3n) is 2.72. The number of halogens is 2. The van der Waals surface area contributed by atoms with Crippen LogP contribution in [-0.2, 0) is 4.79 Å². The largest absolute Gasteiger partial charge is 0.481 e. The summed E-state index contributed by atoms with van der Waals surface area (Å²) in [6.45, 7) is 2.12. The smallest absolute Gasteiger partial charge is 0.303 e. The first-order chi connectivity index (χ1) is 7.57. The highest BCUT2D eigenvalue weighted by Crippen LogP contribution is 2.21. The number of carboxylic acid groups (broad SMARTS) is 1. The third kappa shape index (κ3) is 8.62. The minimum absolute atomic E-state index is 0.329. The molecule has 0 aliphatic heterocycles. The molecule has 1 atom stereocenters. The van der Waals surface area contributed by atoms with Gasteiger partial charge in [0.2, 0.25) is 6.43 Å². The van der Waals surface area contributed by atoms with Gasteiger partial charge in [-0.15, -0.1) is 0 Å². The second-order valence-electron chi connectivity index (χ2n) is 4.25. The molecule has 2 nitrogen and oxygen atoms in total. The van der Waals surface area contributed by atoms with Crippen molar-refractivity contribution in [1.82, 2.24) is 0 Å². The quantitative estimate of drug-likeness (QED) is 0.580. The molecule has 0 saturated carbocycles. The monoisotopic (exact) mass is 236 g/mol. The molecule has 0 aromatic heterocycles. The first-order valence-electron chi connectivity index (χ1n) is 6.07. The van der Waals surface area contributed by atoms with Crippen molar-refractivity contribution < 1.29 is 18.7 Å². The summed E-state index contributed by atoms with van der Waals surface area (Å²) in [4.78, 5) is 10.4. The molecule has 0 aromatic rings. The number of rotatable bonds is 10. The van der Waals surface area contributed by atoms with Crippen molar-refractivity contribution in [3.63, 3.8) is 0 Å². The second kappa shape index (κ2) is 9.55. The number of hydrogen-bond acceptors (Lipinski definition) is 1. The van der Waals surface area contributed by atoms with Gasteiger partial charge in [0.05, 0.1) is 6.42 Å². The Hall–Kier alpha value is -0.670. The summed E-state index contributed by atoms with van der Waals surface area (Å²) in [5.74, 6) is -2.10. The highest BCUT2D eigenvalue weighted by atomic mass is 19.3. The van der Waals surface area contributed by atoms with Gasteiger partial charge in [0.1, 0.15) is 0 Å². The summed E-state index contributed by atoms with van der Waals surface area (Å²) in [6.07, 6.45) is 3.63. The lowest BCUT2D eigenvalue weighted by atomic mass is 9.97. The molecule has 0 aliphatic carbocycles. The molecule has 4 heteroatoms. The van der Waals surface area contributed by atoms with E-state index in [1.165, 1.54) is 12.8 Å². The Morgan fingerprint density at radius 3 is 2.19 bits per heavy atom. The number of aliphatic carboxylic acids is 1. The molecule has 96 valence electrons. The van der Waals surface area contributed by atoms with E-state index < -0.39 is 24.7 Å². The van der Waals surface area contributed by atoms with Gasteiger partial charge in [-0.05, 0) is 6.42 Å². The molecule has 0 fully saturated rings.